The Kier molecular flexibility index (Phi) is 4.25. The molecular weight excluding hydrogens is 274 g/mol. The zero-order valence-electron chi connectivity index (χ0n) is 12.8. The Morgan fingerprint density at radius 2 is 1.68 bits per heavy atom. The van der Waals surface area contributed by atoms with Crippen LogP contribution in [0.4, 0.5) is 0 Å². The molecule has 0 fully saturated rings. The monoisotopic (exact) mass is 293 g/mol. The summed E-state index contributed by atoms with van der Waals surface area (Å²) < 4.78 is 1.79. The molecule has 0 aliphatic rings. The highest BCUT2D eigenvalue weighted by Gasteiger charge is 2.11. The first kappa shape index (κ1) is 14.4. The van der Waals surface area contributed by atoms with Crippen molar-refractivity contribution in [2.75, 3.05) is 7.05 Å². The van der Waals surface area contributed by atoms with E-state index in [2.05, 4.69) is 58.7 Å². The van der Waals surface area contributed by atoms with Gasteiger partial charge in [0.05, 0.1) is 12.2 Å². The van der Waals surface area contributed by atoms with E-state index in [0.717, 1.165) is 18.1 Å². The molecule has 0 saturated heterocycles. The van der Waals surface area contributed by atoms with Crippen molar-refractivity contribution in [3.63, 3.8) is 0 Å². The van der Waals surface area contributed by atoms with Crippen LogP contribution in [0.5, 0.6) is 0 Å². The van der Waals surface area contributed by atoms with Crippen molar-refractivity contribution >= 4 is 0 Å². The molecule has 0 atom stereocenters. The normalized spacial score (nSPS) is 11.0. The van der Waals surface area contributed by atoms with Gasteiger partial charge >= 0.3 is 0 Å². The van der Waals surface area contributed by atoms with Crippen LogP contribution >= 0.6 is 0 Å². The lowest BCUT2D eigenvalue weighted by molar-refractivity contribution is 0.307. The van der Waals surface area contributed by atoms with Gasteiger partial charge in [-0.05, 0) is 47.7 Å². The Morgan fingerprint density at radius 3 is 2.45 bits per heavy atom. The molecule has 1 aromatic heterocycles. The van der Waals surface area contributed by atoms with Gasteiger partial charge in [0.15, 0.2) is 5.82 Å². The summed E-state index contributed by atoms with van der Waals surface area (Å²) in [5, 5.41) is 12.1. The van der Waals surface area contributed by atoms with E-state index in [0.29, 0.717) is 6.54 Å². The highest BCUT2D eigenvalue weighted by molar-refractivity contribution is 5.30. The standard InChI is InChI=1S/C17H19N5/c1-14-8-6-7-9-15(14)12-21(2)13-17-18-19-20-22(17)16-10-4-3-5-11-16/h3-11H,12-13H2,1-2H3. The summed E-state index contributed by atoms with van der Waals surface area (Å²) in [7, 11) is 2.08. The number of tetrazole rings is 1. The van der Waals surface area contributed by atoms with Crippen LogP contribution in [0, 0.1) is 6.92 Å². The number of nitrogens with zero attached hydrogens (tertiary/aromatic N) is 5. The van der Waals surface area contributed by atoms with E-state index in [9.17, 15) is 0 Å². The van der Waals surface area contributed by atoms with Gasteiger partial charge in [0, 0.05) is 6.54 Å². The maximum atomic E-state index is 4.16. The second-order valence-electron chi connectivity index (χ2n) is 5.44. The Balaban J connectivity index is 1.74. The van der Waals surface area contributed by atoms with E-state index in [-0.39, 0.29) is 0 Å². The molecule has 0 aliphatic heterocycles. The molecular formula is C17H19N5. The van der Waals surface area contributed by atoms with Crippen LogP contribution in [0.15, 0.2) is 54.6 Å². The van der Waals surface area contributed by atoms with Gasteiger partial charge in [-0.25, -0.2) is 0 Å². The fraction of sp³-hybridized carbons (Fsp3) is 0.235. The van der Waals surface area contributed by atoms with Gasteiger partial charge in [0.2, 0.25) is 0 Å². The molecule has 0 radical (unpaired) electrons. The minimum absolute atomic E-state index is 0.691. The van der Waals surface area contributed by atoms with E-state index in [4.69, 9.17) is 0 Å². The lowest BCUT2D eigenvalue weighted by Crippen LogP contribution is -2.20. The lowest BCUT2D eigenvalue weighted by atomic mass is 10.1. The molecule has 2 aromatic carbocycles. The van der Waals surface area contributed by atoms with E-state index in [1.807, 2.05) is 30.3 Å². The third kappa shape index (κ3) is 3.20. The molecule has 22 heavy (non-hydrogen) atoms. The van der Waals surface area contributed by atoms with Gasteiger partial charge in [0.1, 0.15) is 0 Å². The van der Waals surface area contributed by atoms with E-state index in [1.165, 1.54) is 11.1 Å². The second kappa shape index (κ2) is 6.49. The number of aryl methyl sites for hydroxylation is 1. The Labute approximate surface area is 130 Å². The highest BCUT2D eigenvalue weighted by Crippen LogP contribution is 2.12. The Bertz CT molecular complexity index is 736. The van der Waals surface area contributed by atoms with Crippen molar-refractivity contribution in [1.29, 1.82) is 0 Å². The third-order valence-corrected chi connectivity index (χ3v) is 3.65. The Hall–Kier alpha value is -2.53. The predicted octanol–water partition coefficient (Wildman–Crippen LogP) is 2.60. The minimum Gasteiger partial charge on any atom is -0.295 e. The molecule has 0 N–H and O–H groups in total. The van der Waals surface area contributed by atoms with Crippen LogP contribution in [-0.4, -0.2) is 32.2 Å². The van der Waals surface area contributed by atoms with Crippen molar-refractivity contribution in [3.05, 3.63) is 71.5 Å². The van der Waals surface area contributed by atoms with Crippen LogP contribution in [0.2, 0.25) is 0 Å². The van der Waals surface area contributed by atoms with Gasteiger partial charge in [-0.3, -0.25) is 4.90 Å². The number of aromatic nitrogens is 4. The maximum Gasteiger partial charge on any atom is 0.170 e. The van der Waals surface area contributed by atoms with Crippen molar-refractivity contribution in [3.8, 4) is 5.69 Å². The number of benzene rings is 2. The topological polar surface area (TPSA) is 46.8 Å². The smallest absolute Gasteiger partial charge is 0.170 e. The summed E-state index contributed by atoms with van der Waals surface area (Å²) in [6.45, 7) is 3.70. The fourth-order valence-electron chi connectivity index (χ4n) is 2.45. The van der Waals surface area contributed by atoms with Crippen LogP contribution in [-0.2, 0) is 13.1 Å². The summed E-state index contributed by atoms with van der Waals surface area (Å²) in [5.41, 5.74) is 3.60. The van der Waals surface area contributed by atoms with E-state index in [1.54, 1.807) is 4.68 Å². The van der Waals surface area contributed by atoms with Gasteiger partial charge in [-0.15, -0.1) is 5.10 Å². The van der Waals surface area contributed by atoms with Crippen LogP contribution in [0.1, 0.15) is 17.0 Å². The first-order valence-corrected chi connectivity index (χ1v) is 7.30. The molecule has 1 heterocycles. The molecule has 0 bridgehead atoms. The number of hydrogen-bond acceptors (Lipinski definition) is 4. The summed E-state index contributed by atoms with van der Waals surface area (Å²) in [6.07, 6.45) is 0. The number of rotatable bonds is 5. The molecule has 3 aromatic rings. The number of para-hydroxylation sites is 1. The van der Waals surface area contributed by atoms with Crippen LogP contribution in [0.25, 0.3) is 5.69 Å². The second-order valence-corrected chi connectivity index (χ2v) is 5.44. The molecule has 0 saturated carbocycles. The zero-order chi connectivity index (χ0) is 15.4. The van der Waals surface area contributed by atoms with Gasteiger partial charge < -0.3 is 0 Å². The molecule has 3 rings (SSSR count). The molecule has 0 aliphatic carbocycles. The van der Waals surface area contributed by atoms with Gasteiger partial charge in [-0.1, -0.05) is 42.5 Å². The first-order chi connectivity index (χ1) is 10.7. The zero-order valence-corrected chi connectivity index (χ0v) is 12.8. The molecule has 112 valence electrons. The molecule has 5 heteroatoms. The molecule has 0 amide bonds. The van der Waals surface area contributed by atoms with E-state index >= 15 is 0 Å². The predicted molar refractivity (Wildman–Crippen MR) is 85.5 cm³/mol. The van der Waals surface area contributed by atoms with Gasteiger partial charge in [0.25, 0.3) is 0 Å². The van der Waals surface area contributed by atoms with Crippen molar-refractivity contribution in [2.45, 2.75) is 20.0 Å². The Morgan fingerprint density at radius 1 is 0.955 bits per heavy atom. The largest absolute Gasteiger partial charge is 0.295 e. The highest BCUT2D eigenvalue weighted by atomic mass is 15.5. The lowest BCUT2D eigenvalue weighted by Gasteiger charge is -2.17. The quantitative estimate of drug-likeness (QED) is 0.725. The van der Waals surface area contributed by atoms with Crippen molar-refractivity contribution in [1.82, 2.24) is 25.1 Å². The van der Waals surface area contributed by atoms with E-state index < -0.39 is 0 Å². The maximum absolute atomic E-state index is 4.16. The number of hydrogen-bond donors (Lipinski definition) is 0. The summed E-state index contributed by atoms with van der Waals surface area (Å²) in [5.74, 6) is 0.835. The summed E-state index contributed by atoms with van der Waals surface area (Å²) in [6, 6.07) is 18.4. The van der Waals surface area contributed by atoms with Crippen molar-refractivity contribution < 1.29 is 0 Å². The SMILES string of the molecule is Cc1ccccc1CN(C)Cc1nnnn1-c1ccccc1. The van der Waals surface area contributed by atoms with Crippen molar-refractivity contribution in [2.24, 2.45) is 0 Å². The molecule has 5 nitrogen and oxygen atoms in total. The van der Waals surface area contributed by atoms with Gasteiger partial charge in [-0.2, -0.15) is 4.68 Å². The first-order valence-electron chi connectivity index (χ1n) is 7.30. The fourth-order valence-corrected chi connectivity index (χ4v) is 2.45. The molecule has 0 spiro atoms. The summed E-state index contributed by atoms with van der Waals surface area (Å²) in [4.78, 5) is 2.22. The minimum atomic E-state index is 0.691. The van der Waals surface area contributed by atoms with Crippen LogP contribution < -0.4 is 0 Å². The summed E-state index contributed by atoms with van der Waals surface area (Å²) >= 11 is 0. The van der Waals surface area contributed by atoms with Crippen LogP contribution in [0.3, 0.4) is 0 Å². The average Bonchev–Trinajstić information content (AvgIpc) is 2.98. The molecule has 0 unspecified atom stereocenters. The third-order valence-electron chi connectivity index (χ3n) is 3.65. The average molecular weight is 293 g/mol.